The second-order valence-electron chi connectivity index (χ2n) is 8.99. The van der Waals surface area contributed by atoms with Crippen LogP contribution in [0.3, 0.4) is 0 Å². The molecule has 4 rings (SSSR count). The van der Waals surface area contributed by atoms with Gasteiger partial charge in [-0.25, -0.2) is 14.1 Å². The average Bonchev–Trinajstić information content (AvgIpc) is 3.25. The van der Waals surface area contributed by atoms with Crippen LogP contribution in [0.1, 0.15) is 44.1 Å². The fourth-order valence-corrected chi connectivity index (χ4v) is 3.83. The van der Waals surface area contributed by atoms with E-state index in [1.165, 1.54) is 23.7 Å². The minimum Gasteiger partial charge on any atom is -0.384 e. The summed E-state index contributed by atoms with van der Waals surface area (Å²) in [6.07, 6.45) is -4.41. The van der Waals surface area contributed by atoms with E-state index in [2.05, 4.69) is 15.3 Å². The number of hydrogen-bond donors (Lipinski definition) is 2. The Morgan fingerprint density at radius 2 is 1.63 bits per heavy atom. The maximum absolute atomic E-state index is 13.5. The van der Waals surface area contributed by atoms with E-state index in [1.807, 2.05) is 0 Å². The maximum Gasteiger partial charge on any atom is 0.423 e. The van der Waals surface area contributed by atoms with E-state index in [4.69, 9.17) is 0 Å². The van der Waals surface area contributed by atoms with Crippen molar-refractivity contribution in [1.29, 1.82) is 0 Å². The minimum absolute atomic E-state index is 0.0842. The SMILES string of the molecule is CCC(O)(c1cn(Cc2ccc3c(-c4ccc(F)cc4)cc(C(C)(C)O)nc3c2)nn1)C(F)(F)F. The molecule has 184 valence electrons. The van der Waals surface area contributed by atoms with Crippen LogP contribution < -0.4 is 0 Å². The van der Waals surface area contributed by atoms with E-state index in [0.29, 0.717) is 16.8 Å². The fourth-order valence-electron chi connectivity index (χ4n) is 3.83. The van der Waals surface area contributed by atoms with Crippen LogP contribution in [0.15, 0.2) is 54.7 Å². The molecule has 2 N–H and O–H groups in total. The molecule has 0 amide bonds. The van der Waals surface area contributed by atoms with Gasteiger partial charge in [-0.15, -0.1) is 5.10 Å². The number of benzene rings is 2. The van der Waals surface area contributed by atoms with Crippen LogP contribution in [0.5, 0.6) is 0 Å². The third-order valence-corrected chi connectivity index (χ3v) is 5.94. The summed E-state index contributed by atoms with van der Waals surface area (Å²) in [5.74, 6) is -0.371. The van der Waals surface area contributed by atoms with Crippen molar-refractivity contribution in [3.63, 3.8) is 0 Å². The fraction of sp³-hybridized carbons (Fsp3) is 0.320. The molecule has 1 atom stereocenters. The summed E-state index contributed by atoms with van der Waals surface area (Å²) in [6.45, 7) is 4.51. The van der Waals surface area contributed by atoms with Gasteiger partial charge in [0.2, 0.25) is 5.60 Å². The molecule has 35 heavy (non-hydrogen) atoms. The Morgan fingerprint density at radius 1 is 0.943 bits per heavy atom. The molecule has 0 saturated heterocycles. The van der Waals surface area contributed by atoms with E-state index in [0.717, 1.165) is 22.7 Å². The summed E-state index contributed by atoms with van der Waals surface area (Å²) in [6, 6.07) is 13.0. The highest BCUT2D eigenvalue weighted by atomic mass is 19.4. The van der Waals surface area contributed by atoms with Crippen LogP contribution in [0.2, 0.25) is 0 Å². The number of fused-ring (bicyclic) bond motifs is 1. The second-order valence-corrected chi connectivity index (χ2v) is 8.99. The van der Waals surface area contributed by atoms with E-state index in [-0.39, 0.29) is 12.4 Å². The highest BCUT2D eigenvalue weighted by Gasteiger charge is 2.55. The lowest BCUT2D eigenvalue weighted by Crippen LogP contribution is -2.42. The van der Waals surface area contributed by atoms with Crippen molar-refractivity contribution in [2.45, 2.75) is 51.1 Å². The summed E-state index contributed by atoms with van der Waals surface area (Å²) in [5, 5.41) is 28.8. The Labute approximate surface area is 198 Å². The van der Waals surface area contributed by atoms with Gasteiger partial charge in [0.15, 0.2) is 0 Å². The van der Waals surface area contributed by atoms with Crippen molar-refractivity contribution >= 4 is 10.9 Å². The standard InChI is InChI=1S/C25H24F4N4O2/c1-4-24(35,25(27,28)29)22-14-33(32-31-22)13-15-5-10-18-19(16-6-8-17(26)9-7-16)12-21(23(2,3)34)30-20(18)11-15/h5-12,14,34-35H,4,13H2,1-3H3. The summed E-state index contributed by atoms with van der Waals surface area (Å²) in [5.41, 5.74) is -1.79. The Balaban J connectivity index is 1.75. The van der Waals surface area contributed by atoms with Crippen LogP contribution in [0.25, 0.3) is 22.0 Å². The maximum atomic E-state index is 13.5. The third kappa shape index (κ3) is 4.76. The first kappa shape index (κ1) is 24.7. The first-order valence-corrected chi connectivity index (χ1v) is 10.9. The first-order chi connectivity index (χ1) is 16.3. The smallest absolute Gasteiger partial charge is 0.384 e. The number of aliphatic hydroxyl groups is 2. The van der Waals surface area contributed by atoms with Crippen LogP contribution in [0, 0.1) is 5.82 Å². The number of rotatable bonds is 6. The molecule has 0 aliphatic carbocycles. The molecule has 2 heterocycles. The van der Waals surface area contributed by atoms with Crippen LogP contribution in [0.4, 0.5) is 17.6 Å². The molecule has 2 aromatic carbocycles. The van der Waals surface area contributed by atoms with Crippen LogP contribution in [-0.4, -0.2) is 36.4 Å². The van der Waals surface area contributed by atoms with E-state index >= 15 is 0 Å². The normalized spacial score (nSPS) is 14.3. The van der Waals surface area contributed by atoms with Crippen molar-refractivity contribution in [3.05, 3.63) is 77.5 Å². The molecule has 6 nitrogen and oxygen atoms in total. The molecule has 0 bridgehead atoms. The highest BCUT2D eigenvalue weighted by molar-refractivity contribution is 5.95. The molecule has 4 aromatic rings. The molecule has 0 radical (unpaired) electrons. The monoisotopic (exact) mass is 488 g/mol. The zero-order valence-electron chi connectivity index (χ0n) is 19.3. The van der Waals surface area contributed by atoms with Crippen molar-refractivity contribution in [2.24, 2.45) is 0 Å². The van der Waals surface area contributed by atoms with Gasteiger partial charge in [0.05, 0.1) is 24.0 Å². The van der Waals surface area contributed by atoms with Gasteiger partial charge in [-0.05, 0) is 61.2 Å². The molecule has 10 heteroatoms. The lowest BCUT2D eigenvalue weighted by atomic mass is 9.95. The predicted molar refractivity (Wildman–Crippen MR) is 122 cm³/mol. The molecular formula is C25H24F4N4O2. The Kier molecular flexibility index (Phi) is 6.14. The lowest BCUT2D eigenvalue weighted by Gasteiger charge is -2.26. The van der Waals surface area contributed by atoms with Gasteiger partial charge in [-0.2, -0.15) is 13.2 Å². The van der Waals surface area contributed by atoms with Gasteiger partial charge in [-0.1, -0.05) is 36.4 Å². The van der Waals surface area contributed by atoms with E-state index < -0.39 is 29.5 Å². The van der Waals surface area contributed by atoms with Crippen molar-refractivity contribution in [2.75, 3.05) is 0 Å². The van der Waals surface area contributed by atoms with E-state index in [1.54, 1.807) is 50.2 Å². The summed E-state index contributed by atoms with van der Waals surface area (Å²) in [7, 11) is 0. The molecule has 0 spiro atoms. The number of aromatic nitrogens is 4. The van der Waals surface area contributed by atoms with Crippen molar-refractivity contribution < 1.29 is 27.8 Å². The first-order valence-electron chi connectivity index (χ1n) is 10.9. The van der Waals surface area contributed by atoms with Gasteiger partial charge in [0.1, 0.15) is 17.1 Å². The molecule has 0 aliphatic heterocycles. The minimum atomic E-state index is -4.89. The molecule has 0 saturated carbocycles. The van der Waals surface area contributed by atoms with Gasteiger partial charge in [0, 0.05) is 5.39 Å². The quantitative estimate of drug-likeness (QED) is 0.371. The Hall–Kier alpha value is -3.37. The number of nitrogens with zero attached hydrogens (tertiary/aromatic N) is 4. The van der Waals surface area contributed by atoms with Gasteiger partial charge in [-0.3, -0.25) is 0 Å². The summed E-state index contributed by atoms with van der Waals surface area (Å²) < 4.78 is 54.8. The number of hydrogen-bond acceptors (Lipinski definition) is 5. The van der Waals surface area contributed by atoms with Crippen LogP contribution in [-0.2, 0) is 17.7 Å². The second kappa shape index (κ2) is 8.69. The number of pyridine rings is 1. The summed E-state index contributed by atoms with van der Waals surface area (Å²) in [4.78, 5) is 4.58. The van der Waals surface area contributed by atoms with Crippen molar-refractivity contribution in [3.8, 4) is 11.1 Å². The van der Waals surface area contributed by atoms with Crippen LogP contribution >= 0.6 is 0 Å². The Bertz CT molecular complexity index is 1360. The Morgan fingerprint density at radius 3 is 2.23 bits per heavy atom. The average molecular weight is 488 g/mol. The van der Waals surface area contributed by atoms with Gasteiger partial charge < -0.3 is 10.2 Å². The van der Waals surface area contributed by atoms with Gasteiger partial charge in [0.25, 0.3) is 0 Å². The predicted octanol–water partition coefficient (Wildman–Crippen LogP) is 5.07. The molecular weight excluding hydrogens is 464 g/mol. The molecule has 0 fully saturated rings. The highest BCUT2D eigenvalue weighted by Crippen LogP contribution is 2.40. The number of alkyl halides is 3. The molecule has 2 aromatic heterocycles. The zero-order chi connectivity index (χ0) is 25.6. The topological polar surface area (TPSA) is 84.1 Å². The third-order valence-electron chi connectivity index (χ3n) is 5.94. The largest absolute Gasteiger partial charge is 0.423 e. The summed E-state index contributed by atoms with van der Waals surface area (Å²) >= 11 is 0. The van der Waals surface area contributed by atoms with Crippen molar-refractivity contribution in [1.82, 2.24) is 20.0 Å². The van der Waals surface area contributed by atoms with Gasteiger partial charge >= 0.3 is 6.18 Å². The molecule has 1 unspecified atom stereocenters. The van der Waals surface area contributed by atoms with E-state index in [9.17, 15) is 27.8 Å². The lowest BCUT2D eigenvalue weighted by molar-refractivity contribution is -0.269. The number of halogens is 4. The zero-order valence-corrected chi connectivity index (χ0v) is 19.3. The molecule has 0 aliphatic rings.